The molecule has 3 aromatic rings. The SMILES string of the molecule is Cc1ccccc1C(=O)N1N=C(c2ccccc2C)C[C@H]1c1ccco1. The van der Waals surface area contributed by atoms with Crippen LogP contribution in [0.4, 0.5) is 0 Å². The summed E-state index contributed by atoms with van der Waals surface area (Å²) < 4.78 is 5.61. The van der Waals surface area contributed by atoms with Gasteiger partial charge in [0.25, 0.3) is 5.91 Å². The molecule has 2 heterocycles. The Balaban J connectivity index is 1.76. The molecule has 1 aromatic heterocycles. The molecule has 0 radical (unpaired) electrons. The van der Waals surface area contributed by atoms with Crippen LogP contribution < -0.4 is 0 Å². The van der Waals surface area contributed by atoms with Gasteiger partial charge in [0.2, 0.25) is 0 Å². The molecule has 4 nitrogen and oxygen atoms in total. The van der Waals surface area contributed by atoms with E-state index in [1.165, 1.54) is 0 Å². The molecule has 0 bridgehead atoms. The Kier molecular flexibility index (Phi) is 4.17. The Morgan fingerprint density at radius 2 is 1.73 bits per heavy atom. The van der Waals surface area contributed by atoms with Gasteiger partial charge in [-0.2, -0.15) is 5.10 Å². The summed E-state index contributed by atoms with van der Waals surface area (Å²) >= 11 is 0. The molecule has 0 saturated carbocycles. The lowest BCUT2D eigenvalue weighted by atomic mass is 9.98. The number of hydrogen-bond acceptors (Lipinski definition) is 3. The smallest absolute Gasteiger partial charge is 0.274 e. The highest BCUT2D eigenvalue weighted by atomic mass is 16.3. The molecule has 0 N–H and O–H groups in total. The first kappa shape index (κ1) is 16.3. The summed E-state index contributed by atoms with van der Waals surface area (Å²) in [4.78, 5) is 13.2. The number of carbonyl (C=O) groups excluding carboxylic acids is 1. The molecular formula is C22H20N2O2. The van der Waals surface area contributed by atoms with Crippen molar-refractivity contribution < 1.29 is 9.21 Å². The number of rotatable bonds is 3. The van der Waals surface area contributed by atoms with Crippen molar-refractivity contribution in [2.24, 2.45) is 5.10 Å². The predicted molar refractivity (Wildman–Crippen MR) is 101 cm³/mol. The van der Waals surface area contributed by atoms with Crippen molar-refractivity contribution in [3.05, 3.63) is 94.9 Å². The van der Waals surface area contributed by atoms with Gasteiger partial charge < -0.3 is 4.42 Å². The van der Waals surface area contributed by atoms with Gasteiger partial charge in [-0.1, -0.05) is 42.5 Å². The quantitative estimate of drug-likeness (QED) is 0.679. The second kappa shape index (κ2) is 6.64. The fraction of sp³-hybridized carbons (Fsp3) is 0.182. The van der Waals surface area contributed by atoms with Crippen molar-refractivity contribution in [3.8, 4) is 0 Å². The first-order valence-corrected chi connectivity index (χ1v) is 8.71. The molecule has 1 aliphatic rings. The highest BCUT2D eigenvalue weighted by Gasteiger charge is 2.36. The Hall–Kier alpha value is -3.14. The summed E-state index contributed by atoms with van der Waals surface area (Å²) in [7, 11) is 0. The predicted octanol–water partition coefficient (Wildman–Crippen LogP) is 4.89. The first-order valence-electron chi connectivity index (χ1n) is 8.71. The van der Waals surface area contributed by atoms with Crippen LogP contribution in [0.1, 0.15) is 45.3 Å². The topological polar surface area (TPSA) is 45.8 Å². The second-order valence-electron chi connectivity index (χ2n) is 6.56. The Morgan fingerprint density at radius 1 is 1.00 bits per heavy atom. The van der Waals surface area contributed by atoms with Crippen LogP contribution in [0.5, 0.6) is 0 Å². The minimum Gasteiger partial charge on any atom is -0.467 e. The summed E-state index contributed by atoms with van der Waals surface area (Å²) in [5, 5.41) is 6.29. The minimum atomic E-state index is -0.230. The number of aryl methyl sites for hydroxylation is 2. The van der Waals surface area contributed by atoms with Crippen LogP contribution in [0.3, 0.4) is 0 Å². The van der Waals surface area contributed by atoms with E-state index in [4.69, 9.17) is 9.52 Å². The molecule has 2 aromatic carbocycles. The molecule has 1 atom stereocenters. The maximum atomic E-state index is 13.2. The summed E-state index contributed by atoms with van der Waals surface area (Å²) in [5.74, 6) is 0.646. The number of furan rings is 1. The standard InChI is InChI=1S/C22H20N2O2/c1-15-8-3-5-10-17(15)19-14-20(21-12-7-13-26-21)24(23-19)22(25)18-11-6-4-9-16(18)2/h3-13,20H,14H2,1-2H3/t20-/m0/s1. The Bertz CT molecular complexity index is 973. The Labute approximate surface area is 152 Å². The van der Waals surface area contributed by atoms with Crippen molar-refractivity contribution in [2.45, 2.75) is 26.3 Å². The van der Waals surface area contributed by atoms with E-state index in [-0.39, 0.29) is 11.9 Å². The highest BCUT2D eigenvalue weighted by molar-refractivity contribution is 6.06. The van der Waals surface area contributed by atoms with Crippen molar-refractivity contribution in [1.82, 2.24) is 5.01 Å². The molecule has 130 valence electrons. The van der Waals surface area contributed by atoms with Crippen molar-refractivity contribution in [3.63, 3.8) is 0 Å². The number of benzene rings is 2. The van der Waals surface area contributed by atoms with Gasteiger partial charge in [0, 0.05) is 17.5 Å². The molecule has 26 heavy (non-hydrogen) atoms. The van der Waals surface area contributed by atoms with Gasteiger partial charge in [-0.05, 0) is 43.2 Å². The third-order valence-corrected chi connectivity index (χ3v) is 4.82. The van der Waals surface area contributed by atoms with Crippen LogP contribution in [0.2, 0.25) is 0 Å². The lowest BCUT2D eigenvalue weighted by Crippen LogP contribution is -2.27. The molecule has 0 saturated heterocycles. The fourth-order valence-electron chi connectivity index (χ4n) is 3.40. The first-order chi connectivity index (χ1) is 12.6. The van der Waals surface area contributed by atoms with Crippen LogP contribution in [0.15, 0.2) is 76.4 Å². The largest absolute Gasteiger partial charge is 0.467 e. The van der Waals surface area contributed by atoms with Gasteiger partial charge in [-0.3, -0.25) is 4.79 Å². The molecule has 0 spiro atoms. The van der Waals surface area contributed by atoms with Gasteiger partial charge in [0.05, 0.1) is 12.0 Å². The van der Waals surface area contributed by atoms with Crippen LogP contribution in [0, 0.1) is 13.8 Å². The number of hydrazone groups is 1. The summed E-state index contributed by atoms with van der Waals surface area (Å²) in [5.41, 5.74) is 4.74. The van der Waals surface area contributed by atoms with Crippen LogP contribution in [0.25, 0.3) is 0 Å². The lowest BCUT2D eigenvalue weighted by molar-refractivity contribution is 0.0692. The van der Waals surface area contributed by atoms with E-state index < -0.39 is 0 Å². The van der Waals surface area contributed by atoms with E-state index in [2.05, 4.69) is 19.1 Å². The zero-order chi connectivity index (χ0) is 18.1. The molecule has 1 aliphatic heterocycles. The van der Waals surface area contributed by atoms with E-state index in [9.17, 15) is 4.79 Å². The third kappa shape index (κ3) is 2.84. The summed E-state index contributed by atoms with van der Waals surface area (Å²) in [6.07, 6.45) is 2.27. The average Bonchev–Trinajstić information content (AvgIpc) is 3.31. The maximum Gasteiger partial charge on any atom is 0.274 e. The van der Waals surface area contributed by atoms with E-state index in [1.54, 1.807) is 11.3 Å². The van der Waals surface area contributed by atoms with Crippen molar-refractivity contribution in [2.75, 3.05) is 0 Å². The van der Waals surface area contributed by atoms with Gasteiger partial charge in [-0.15, -0.1) is 0 Å². The van der Waals surface area contributed by atoms with Gasteiger partial charge in [0.15, 0.2) is 0 Å². The van der Waals surface area contributed by atoms with E-state index in [1.807, 2.05) is 55.5 Å². The average molecular weight is 344 g/mol. The monoisotopic (exact) mass is 344 g/mol. The maximum absolute atomic E-state index is 13.2. The summed E-state index contributed by atoms with van der Waals surface area (Å²) in [6.45, 7) is 4.00. The fourth-order valence-corrected chi connectivity index (χ4v) is 3.40. The van der Waals surface area contributed by atoms with Crippen LogP contribution >= 0.6 is 0 Å². The Morgan fingerprint density at radius 3 is 2.42 bits per heavy atom. The van der Waals surface area contributed by atoms with Crippen molar-refractivity contribution >= 4 is 11.6 Å². The lowest BCUT2D eigenvalue weighted by Gasteiger charge is -2.20. The number of amides is 1. The van der Waals surface area contributed by atoms with Gasteiger partial charge >= 0.3 is 0 Å². The number of nitrogens with zero attached hydrogens (tertiary/aromatic N) is 2. The van der Waals surface area contributed by atoms with Crippen LogP contribution in [-0.2, 0) is 0 Å². The van der Waals surface area contributed by atoms with Crippen molar-refractivity contribution in [1.29, 1.82) is 0 Å². The zero-order valence-corrected chi connectivity index (χ0v) is 14.8. The van der Waals surface area contributed by atoms with Gasteiger partial charge in [-0.25, -0.2) is 5.01 Å². The van der Waals surface area contributed by atoms with Gasteiger partial charge in [0.1, 0.15) is 11.8 Å². The molecule has 0 unspecified atom stereocenters. The van der Waals surface area contributed by atoms with E-state index in [0.717, 1.165) is 28.2 Å². The molecule has 0 fully saturated rings. The summed E-state index contributed by atoms with van der Waals surface area (Å²) in [6, 6.07) is 19.2. The molecule has 1 amide bonds. The third-order valence-electron chi connectivity index (χ3n) is 4.82. The minimum absolute atomic E-state index is 0.104. The normalized spacial score (nSPS) is 16.6. The van der Waals surface area contributed by atoms with E-state index >= 15 is 0 Å². The number of carbonyl (C=O) groups is 1. The highest BCUT2D eigenvalue weighted by Crippen LogP contribution is 2.35. The molecular weight excluding hydrogens is 324 g/mol. The molecule has 4 rings (SSSR count). The van der Waals surface area contributed by atoms with Crippen LogP contribution in [-0.4, -0.2) is 16.6 Å². The molecule has 4 heteroatoms. The second-order valence-corrected chi connectivity index (χ2v) is 6.56. The number of hydrogen-bond donors (Lipinski definition) is 0. The zero-order valence-electron chi connectivity index (χ0n) is 14.8. The van der Waals surface area contributed by atoms with E-state index in [0.29, 0.717) is 12.0 Å². The molecule has 0 aliphatic carbocycles.